The third-order valence-electron chi connectivity index (χ3n) is 1.73. The highest BCUT2D eigenvalue weighted by Gasteiger charge is 1.98. The number of rotatable bonds is 3. The molecule has 0 amide bonds. The summed E-state index contributed by atoms with van der Waals surface area (Å²) in [6.07, 6.45) is 4.73. The van der Waals surface area contributed by atoms with E-state index >= 15 is 0 Å². The summed E-state index contributed by atoms with van der Waals surface area (Å²) in [6, 6.07) is 2.53. The third-order valence-corrected chi connectivity index (χ3v) is 2.16. The SMILES string of the molecule is CCC(C)Nc1cncc(Br)c1. The molecule has 1 rings (SSSR count). The van der Waals surface area contributed by atoms with Crippen LogP contribution in [-0.4, -0.2) is 11.0 Å². The van der Waals surface area contributed by atoms with Gasteiger partial charge >= 0.3 is 0 Å². The first-order chi connectivity index (χ1) is 5.72. The molecular formula is C9H13BrN2. The predicted molar refractivity (Wildman–Crippen MR) is 55.3 cm³/mol. The van der Waals surface area contributed by atoms with Crippen LogP contribution in [0.5, 0.6) is 0 Å². The second-order valence-electron chi connectivity index (χ2n) is 2.85. The Labute approximate surface area is 81.5 Å². The number of nitrogens with zero attached hydrogens (tertiary/aromatic N) is 1. The molecule has 0 saturated carbocycles. The zero-order valence-corrected chi connectivity index (χ0v) is 8.93. The summed E-state index contributed by atoms with van der Waals surface area (Å²) >= 11 is 3.37. The van der Waals surface area contributed by atoms with Gasteiger partial charge in [-0.3, -0.25) is 4.98 Å². The van der Waals surface area contributed by atoms with E-state index in [9.17, 15) is 0 Å². The van der Waals surface area contributed by atoms with Crippen molar-refractivity contribution in [1.29, 1.82) is 0 Å². The molecule has 1 aromatic heterocycles. The molecule has 2 nitrogen and oxygen atoms in total. The molecule has 0 bridgehead atoms. The molecule has 1 heterocycles. The topological polar surface area (TPSA) is 24.9 Å². The van der Waals surface area contributed by atoms with Crippen LogP contribution in [0.1, 0.15) is 20.3 Å². The first-order valence-electron chi connectivity index (χ1n) is 4.09. The van der Waals surface area contributed by atoms with Crippen molar-refractivity contribution in [2.45, 2.75) is 26.3 Å². The Kier molecular flexibility index (Phi) is 3.53. The fourth-order valence-corrected chi connectivity index (χ4v) is 1.24. The van der Waals surface area contributed by atoms with Crippen LogP contribution >= 0.6 is 15.9 Å². The smallest absolute Gasteiger partial charge is 0.0540 e. The minimum absolute atomic E-state index is 0.501. The van der Waals surface area contributed by atoms with Crippen molar-refractivity contribution in [1.82, 2.24) is 4.98 Å². The van der Waals surface area contributed by atoms with Crippen LogP contribution in [0.15, 0.2) is 22.9 Å². The summed E-state index contributed by atoms with van der Waals surface area (Å²) in [7, 11) is 0. The first kappa shape index (κ1) is 9.52. The molecule has 1 atom stereocenters. The minimum atomic E-state index is 0.501. The van der Waals surface area contributed by atoms with Gasteiger partial charge in [0.15, 0.2) is 0 Å². The van der Waals surface area contributed by atoms with Gasteiger partial charge in [-0.05, 0) is 35.3 Å². The molecule has 0 radical (unpaired) electrons. The van der Waals surface area contributed by atoms with Crippen LogP contribution in [0.4, 0.5) is 5.69 Å². The van der Waals surface area contributed by atoms with Gasteiger partial charge in [-0.2, -0.15) is 0 Å². The maximum atomic E-state index is 4.06. The fraction of sp³-hybridized carbons (Fsp3) is 0.444. The van der Waals surface area contributed by atoms with Crippen molar-refractivity contribution in [3.63, 3.8) is 0 Å². The lowest BCUT2D eigenvalue weighted by Gasteiger charge is -2.12. The van der Waals surface area contributed by atoms with Gasteiger partial charge in [-0.25, -0.2) is 0 Å². The minimum Gasteiger partial charge on any atom is -0.381 e. The Morgan fingerprint density at radius 2 is 2.33 bits per heavy atom. The number of hydrogen-bond donors (Lipinski definition) is 1. The van der Waals surface area contributed by atoms with E-state index in [-0.39, 0.29) is 0 Å². The highest BCUT2D eigenvalue weighted by molar-refractivity contribution is 9.10. The summed E-state index contributed by atoms with van der Waals surface area (Å²) in [6.45, 7) is 4.31. The molecule has 1 aromatic rings. The van der Waals surface area contributed by atoms with Gasteiger partial charge in [0.1, 0.15) is 0 Å². The lowest BCUT2D eigenvalue weighted by molar-refractivity contribution is 0.763. The van der Waals surface area contributed by atoms with Crippen LogP contribution in [0.25, 0.3) is 0 Å². The largest absolute Gasteiger partial charge is 0.381 e. The number of hydrogen-bond acceptors (Lipinski definition) is 2. The Bertz CT molecular complexity index is 250. The standard InChI is InChI=1S/C9H13BrN2/c1-3-7(2)12-9-4-8(10)5-11-6-9/h4-7,12H,3H2,1-2H3. The van der Waals surface area contributed by atoms with Crippen LogP contribution in [0.3, 0.4) is 0 Å². The van der Waals surface area contributed by atoms with E-state index in [1.54, 1.807) is 6.20 Å². The summed E-state index contributed by atoms with van der Waals surface area (Å²) < 4.78 is 1.01. The lowest BCUT2D eigenvalue weighted by Crippen LogP contribution is -2.13. The molecule has 3 heteroatoms. The van der Waals surface area contributed by atoms with E-state index in [1.165, 1.54) is 0 Å². The molecule has 0 aromatic carbocycles. The van der Waals surface area contributed by atoms with E-state index in [4.69, 9.17) is 0 Å². The van der Waals surface area contributed by atoms with Gasteiger partial charge in [-0.1, -0.05) is 6.92 Å². The predicted octanol–water partition coefficient (Wildman–Crippen LogP) is 3.05. The molecule has 0 saturated heterocycles. The molecule has 0 aliphatic rings. The second kappa shape index (κ2) is 4.45. The lowest BCUT2D eigenvalue weighted by atomic mass is 10.2. The molecule has 1 N–H and O–H groups in total. The van der Waals surface area contributed by atoms with E-state index < -0.39 is 0 Å². The van der Waals surface area contributed by atoms with Crippen molar-refractivity contribution in [3.8, 4) is 0 Å². The van der Waals surface area contributed by atoms with Gasteiger partial charge in [0.05, 0.1) is 11.9 Å². The Morgan fingerprint density at radius 1 is 1.58 bits per heavy atom. The summed E-state index contributed by atoms with van der Waals surface area (Å²) in [4.78, 5) is 4.06. The fourth-order valence-electron chi connectivity index (χ4n) is 0.877. The number of aromatic nitrogens is 1. The van der Waals surface area contributed by atoms with E-state index in [0.29, 0.717) is 6.04 Å². The monoisotopic (exact) mass is 228 g/mol. The first-order valence-corrected chi connectivity index (χ1v) is 4.88. The van der Waals surface area contributed by atoms with Gasteiger partial charge < -0.3 is 5.32 Å². The van der Waals surface area contributed by atoms with Crippen molar-refractivity contribution >= 4 is 21.6 Å². The highest BCUT2D eigenvalue weighted by atomic mass is 79.9. The van der Waals surface area contributed by atoms with Crippen molar-refractivity contribution in [2.24, 2.45) is 0 Å². The van der Waals surface area contributed by atoms with E-state index in [2.05, 4.69) is 40.1 Å². The van der Waals surface area contributed by atoms with Crippen molar-refractivity contribution in [2.75, 3.05) is 5.32 Å². The summed E-state index contributed by atoms with van der Waals surface area (Å²) in [5, 5.41) is 3.34. The molecule has 0 spiro atoms. The van der Waals surface area contributed by atoms with Crippen LogP contribution in [0, 0.1) is 0 Å². The third kappa shape index (κ3) is 2.81. The maximum absolute atomic E-state index is 4.06. The Morgan fingerprint density at radius 3 is 2.92 bits per heavy atom. The number of pyridine rings is 1. The average molecular weight is 229 g/mol. The van der Waals surface area contributed by atoms with E-state index in [0.717, 1.165) is 16.6 Å². The molecule has 0 aliphatic carbocycles. The second-order valence-corrected chi connectivity index (χ2v) is 3.76. The molecule has 1 unspecified atom stereocenters. The number of halogens is 1. The van der Waals surface area contributed by atoms with Crippen molar-refractivity contribution in [3.05, 3.63) is 22.9 Å². The van der Waals surface area contributed by atoms with Crippen molar-refractivity contribution < 1.29 is 0 Å². The normalized spacial score (nSPS) is 12.6. The number of anilines is 1. The van der Waals surface area contributed by atoms with E-state index in [1.807, 2.05) is 12.3 Å². The van der Waals surface area contributed by atoms with Gasteiger partial charge in [0.2, 0.25) is 0 Å². The Hall–Kier alpha value is -0.570. The highest BCUT2D eigenvalue weighted by Crippen LogP contribution is 2.14. The van der Waals surface area contributed by atoms with Crippen LogP contribution in [0.2, 0.25) is 0 Å². The number of nitrogens with one attached hydrogen (secondary N) is 1. The molecule has 0 aliphatic heterocycles. The van der Waals surface area contributed by atoms with Gasteiger partial charge in [0.25, 0.3) is 0 Å². The van der Waals surface area contributed by atoms with Gasteiger partial charge in [0, 0.05) is 16.7 Å². The zero-order chi connectivity index (χ0) is 8.97. The quantitative estimate of drug-likeness (QED) is 0.861. The van der Waals surface area contributed by atoms with Crippen LogP contribution in [-0.2, 0) is 0 Å². The van der Waals surface area contributed by atoms with Gasteiger partial charge in [-0.15, -0.1) is 0 Å². The molecular weight excluding hydrogens is 216 g/mol. The Balaban J connectivity index is 2.63. The summed E-state index contributed by atoms with van der Waals surface area (Å²) in [5.74, 6) is 0. The summed E-state index contributed by atoms with van der Waals surface area (Å²) in [5.41, 5.74) is 1.07. The maximum Gasteiger partial charge on any atom is 0.0540 e. The molecule has 12 heavy (non-hydrogen) atoms. The van der Waals surface area contributed by atoms with Crippen LogP contribution < -0.4 is 5.32 Å². The molecule has 66 valence electrons. The molecule has 0 fully saturated rings. The zero-order valence-electron chi connectivity index (χ0n) is 7.34. The average Bonchev–Trinajstić information content (AvgIpc) is 2.04.